The van der Waals surface area contributed by atoms with Gasteiger partial charge in [0, 0.05) is 11.4 Å². The molecular weight excluding hydrogens is 280 g/mol. The summed E-state index contributed by atoms with van der Waals surface area (Å²) in [6, 6.07) is 12.1. The Morgan fingerprint density at radius 2 is 2.00 bits per heavy atom. The molecule has 0 aliphatic heterocycles. The van der Waals surface area contributed by atoms with E-state index in [0.29, 0.717) is 13.0 Å². The van der Waals surface area contributed by atoms with Crippen LogP contribution >= 0.6 is 11.3 Å². The van der Waals surface area contributed by atoms with Crippen LogP contribution in [0.2, 0.25) is 0 Å². The summed E-state index contributed by atoms with van der Waals surface area (Å²) >= 11 is 1.69. The molecule has 4 heteroatoms. The van der Waals surface area contributed by atoms with Crippen molar-refractivity contribution in [3.8, 4) is 0 Å². The minimum absolute atomic E-state index is 0.0581. The standard InChI is InChI=1S/C17H22N2OS/c1-2-6-15(16-9-5-10-21-16)19-17(20)11-13-7-3-4-8-14(13)12-18/h3-5,7-10,15H,2,6,11-12,18H2,1H3,(H,19,20). The Kier molecular flexibility index (Phi) is 5.96. The van der Waals surface area contributed by atoms with Gasteiger partial charge in [-0.05, 0) is 29.0 Å². The van der Waals surface area contributed by atoms with E-state index in [1.54, 1.807) is 11.3 Å². The van der Waals surface area contributed by atoms with Crippen LogP contribution in [0, 0.1) is 0 Å². The van der Waals surface area contributed by atoms with Crippen molar-refractivity contribution in [1.29, 1.82) is 0 Å². The van der Waals surface area contributed by atoms with Crippen molar-refractivity contribution < 1.29 is 4.79 Å². The van der Waals surface area contributed by atoms with Gasteiger partial charge in [0.15, 0.2) is 0 Å². The van der Waals surface area contributed by atoms with Crippen molar-refractivity contribution in [3.05, 3.63) is 57.8 Å². The van der Waals surface area contributed by atoms with Crippen molar-refractivity contribution in [1.82, 2.24) is 5.32 Å². The second-order valence-corrected chi connectivity index (χ2v) is 6.05. The van der Waals surface area contributed by atoms with Gasteiger partial charge in [-0.3, -0.25) is 4.79 Å². The Balaban J connectivity index is 2.02. The maximum absolute atomic E-state index is 12.3. The maximum Gasteiger partial charge on any atom is 0.224 e. The third-order valence-electron chi connectivity index (χ3n) is 3.49. The van der Waals surface area contributed by atoms with Gasteiger partial charge in [0.2, 0.25) is 5.91 Å². The maximum atomic E-state index is 12.3. The van der Waals surface area contributed by atoms with Gasteiger partial charge >= 0.3 is 0 Å². The Labute approximate surface area is 130 Å². The van der Waals surface area contributed by atoms with Gasteiger partial charge in [-0.15, -0.1) is 11.3 Å². The number of amides is 1. The van der Waals surface area contributed by atoms with E-state index < -0.39 is 0 Å². The van der Waals surface area contributed by atoms with Crippen LogP contribution in [-0.2, 0) is 17.8 Å². The molecule has 1 unspecified atom stereocenters. The first kappa shape index (κ1) is 15.7. The molecule has 0 bridgehead atoms. The van der Waals surface area contributed by atoms with E-state index in [9.17, 15) is 4.79 Å². The molecule has 1 atom stereocenters. The lowest BCUT2D eigenvalue weighted by Gasteiger charge is -2.17. The molecule has 1 heterocycles. The van der Waals surface area contributed by atoms with E-state index >= 15 is 0 Å². The van der Waals surface area contributed by atoms with E-state index in [4.69, 9.17) is 5.73 Å². The van der Waals surface area contributed by atoms with E-state index in [0.717, 1.165) is 24.0 Å². The minimum Gasteiger partial charge on any atom is -0.348 e. The number of hydrogen-bond donors (Lipinski definition) is 2. The second-order valence-electron chi connectivity index (χ2n) is 5.07. The predicted octanol–water partition coefficient (Wildman–Crippen LogP) is 3.41. The third-order valence-corrected chi connectivity index (χ3v) is 4.47. The largest absolute Gasteiger partial charge is 0.348 e. The monoisotopic (exact) mass is 302 g/mol. The number of carbonyl (C=O) groups is 1. The summed E-state index contributed by atoms with van der Waals surface area (Å²) in [5, 5.41) is 5.20. The van der Waals surface area contributed by atoms with Crippen LogP contribution in [0.15, 0.2) is 41.8 Å². The average Bonchev–Trinajstić information content (AvgIpc) is 3.01. The molecule has 0 aliphatic rings. The van der Waals surface area contributed by atoms with Crippen molar-refractivity contribution in [2.75, 3.05) is 0 Å². The number of benzene rings is 1. The highest BCUT2D eigenvalue weighted by molar-refractivity contribution is 7.10. The van der Waals surface area contributed by atoms with Crippen molar-refractivity contribution in [3.63, 3.8) is 0 Å². The first-order valence-corrected chi connectivity index (χ1v) is 8.22. The van der Waals surface area contributed by atoms with Crippen LogP contribution < -0.4 is 11.1 Å². The Morgan fingerprint density at radius 1 is 1.24 bits per heavy atom. The van der Waals surface area contributed by atoms with E-state index in [-0.39, 0.29) is 11.9 Å². The average molecular weight is 302 g/mol. The smallest absolute Gasteiger partial charge is 0.224 e. The van der Waals surface area contributed by atoms with Crippen molar-refractivity contribution in [2.24, 2.45) is 5.73 Å². The van der Waals surface area contributed by atoms with E-state index in [2.05, 4.69) is 18.3 Å². The number of rotatable bonds is 7. The topological polar surface area (TPSA) is 55.1 Å². The molecule has 0 radical (unpaired) electrons. The summed E-state index contributed by atoms with van der Waals surface area (Å²) in [5.41, 5.74) is 7.77. The van der Waals surface area contributed by atoms with Gasteiger partial charge in [0.1, 0.15) is 0 Å². The minimum atomic E-state index is 0.0581. The van der Waals surface area contributed by atoms with Crippen LogP contribution in [0.1, 0.15) is 41.8 Å². The SMILES string of the molecule is CCCC(NC(=O)Cc1ccccc1CN)c1cccs1. The summed E-state index contributed by atoms with van der Waals surface area (Å²) in [5.74, 6) is 0.0581. The molecule has 1 amide bonds. The molecule has 0 saturated carbocycles. The zero-order chi connectivity index (χ0) is 15.1. The molecule has 112 valence electrons. The fourth-order valence-electron chi connectivity index (χ4n) is 2.41. The highest BCUT2D eigenvalue weighted by atomic mass is 32.1. The molecule has 3 N–H and O–H groups in total. The lowest BCUT2D eigenvalue weighted by molar-refractivity contribution is -0.121. The first-order valence-electron chi connectivity index (χ1n) is 7.34. The molecule has 2 rings (SSSR count). The zero-order valence-corrected chi connectivity index (χ0v) is 13.2. The molecule has 0 aliphatic carbocycles. The van der Waals surface area contributed by atoms with Gasteiger partial charge in [-0.25, -0.2) is 0 Å². The highest BCUT2D eigenvalue weighted by Gasteiger charge is 2.15. The summed E-state index contributed by atoms with van der Waals surface area (Å²) in [6.07, 6.45) is 2.39. The molecule has 21 heavy (non-hydrogen) atoms. The van der Waals surface area contributed by atoms with E-state index in [1.165, 1.54) is 4.88 Å². The second kappa shape index (κ2) is 7.96. The summed E-state index contributed by atoms with van der Waals surface area (Å²) in [4.78, 5) is 13.5. The fourth-order valence-corrected chi connectivity index (χ4v) is 3.22. The number of nitrogens with one attached hydrogen (secondary N) is 1. The van der Waals surface area contributed by atoms with E-state index in [1.807, 2.05) is 35.7 Å². The highest BCUT2D eigenvalue weighted by Crippen LogP contribution is 2.23. The van der Waals surface area contributed by atoms with Crippen LogP contribution in [0.5, 0.6) is 0 Å². The first-order chi connectivity index (χ1) is 10.2. The van der Waals surface area contributed by atoms with Crippen LogP contribution in [0.3, 0.4) is 0 Å². The van der Waals surface area contributed by atoms with Gasteiger partial charge in [0.25, 0.3) is 0 Å². The fraction of sp³-hybridized carbons (Fsp3) is 0.353. The van der Waals surface area contributed by atoms with Gasteiger partial charge in [-0.2, -0.15) is 0 Å². The Morgan fingerprint density at radius 3 is 2.62 bits per heavy atom. The van der Waals surface area contributed by atoms with Crippen LogP contribution in [0.4, 0.5) is 0 Å². The van der Waals surface area contributed by atoms with Crippen LogP contribution in [-0.4, -0.2) is 5.91 Å². The number of thiophene rings is 1. The molecule has 0 saturated heterocycles. The van der Waals surface area contributed by atoms with Crippen LogP contribution in [0.25, 0.3) is 0 Å². The molecule has 3 nitrogen and oxygen atoms in total. The number of hydrogen-bond acceptors (Lipinski definition) is 3. The summed E-state index contributed by atoms with van der Waals surface area (Å²) in [6.45, 7) is 2.60. The van der Waals surface area contributed by atoms with Crippen molar-refractivity contribution in [2.45, 2.75) is 38.8 Å². The Bertz CT molecular complexity index is 566. The normalized spacial score (nSPS) is 12.1. The molecule has 0 spiro atoms. The summed E-state index contributed by atoms with van der Waals surface area (Å²) < 4.78 is 0. The Hall–Kier alpha value is -1.65. The molecule has 1 aromatic heterocycles. The van der Waals surface area contributed by atoms with Gasteiger partial charge in [0.05, 0.1) is 12.5 Å². The lowest BCUT2D eigenvalue weighted by Crippen LogP contribution is -2.29. The number of nitrogens with two attached hydrogens (primary N) is 1. The molecule has 1 aromatic carbocycles. The predicted molar refractivity (Wildman–Crippen MR) is 88.1 cm³/mol. The molecule has 2 aromatic rings. The molecular formula is C17H22N2OS. The number of carbonyl (C=O) groups excluding carboxylic acids is 1. The molecule has 0 fully saturated rings. The zero-order valence-electron chi connectivity index (χ0n) is 12.3. The third kappa shape index (κ3) is 4.41. The quantitative estimate of drug-likeness (QED) is 0.823. The lowest BCUT2D eigenvalue weighted by atomic mass is 10.0. The van der Waals surface area contributed by atoms with Gasteiger partial charge < -0.3 is 11.1 Å². The van der Waals surface area contributed by atoms with Gasteiger partial charge in [-0.1, -0.05) is 43.7 Å². The summed E-state index contributed by atoms with van der Waals surface area (Å²) in [7, 11) is 0. The van der Waals surface area contributed by atoms with Crippen molar-refractivity contribution >= 4 is 17.2 Å².